The molecule has 1 aliphatic rings. The molecule has 0 bridgehead atoms. The third kappa shape index (κ3) is 3.79. The van der Waals surface area contributed by atoms with Gasteiger partial charge < -0.3 is 9.88 Å². The Morgan fingerprint density at radius 3 is 2.85 bits per heavy atom. The van der Waals surface area contributed by atoms with Gasteiger partial charge in [0, 0.05) is 49.5 Å². The van der Waals surface area contributed by atoms with Crippen LogP contribution in [0.3, 0.4) is 0 Å². The van der Waals surface area contributed by atoms with Gasteiger partial charge in [-0.2, -0.15) is 5.26 Å². The molecule has 0 aliphatic carbocycles. The number of aryl methyl sites for hydroxylation is 1. The Kier molecular flexibility index (Phi) is 5.03. The van der Waals surface area contributed by atoms with E-state index >= 15 is 0 Å². The van der Waals surface area contributed by atoms with Crippen LogP contribution >= 0.6 is 0 Å². The molecular weight excluding hydrogens is 341 g/mol. The maximum atomic E-state index is 13.5. The molecule has 0 unspecified atom stereocenters. The quantitative estimate of drug-likeness (QED) is 0.755. The fraction of sp³-hybridized carbons (Fsp3) is 0.333. The fourth-order valence-corrected chi connectivity index (χ4v) is 3.77. The summed E-state index contributed by atoms with van der Waals surface area (Å²) in [6.07, 6.45) is 5.71. The molecule has 3 aromatic rings. The van der Waals surface area contributed by atoms with Crippen molar-refractivity contribution in [3.8, 4) is 6.07 Å². The zero-order valence-electron chi connectivity index (χ0n) is 15.2. The predicted molar refractivity (Wildman–Crippen MR) is 104 cm³/mol. The van der Waals surface area contributed by atoms with Crippen molar-refractivity contribution < 1.29 is 4.39 Å². The lowest BCUT2D eigenvalue weighted by Crippen LogP contribution is -2.47. The summed E-state index contributed by atoms with van der Waals surface area (Å²) in [5.74, 6) is 0.603. The van der Waals surface area contributed by atoms with Gasteiger partial charge in [0.05, 0.1) is 5.56 Å². The second kappa shape index (κ2) is 7.77. The predicted octanol–water partition coefficient (Wildman–Crippen LogP) is 3.33. The Labute approximate surface area is 158 Å². The topological polar surface area (TPSA) is 59.0 Å². The van der Waals surface area contributed by atoms with Crippen molar-refractivity contribution in [3.63, 3.8) is 0 Å². The second-order valence-electron chi connectivity index (χ2n) is 6.92. The molecule has 1 aromatic carbocycles. The summed E-state index contributed by atoms with van der Waals surface area (Å²) in [6.45, 7) is 4.70. The zero-order valence-corrected chi connectivity index (χ0v) is 15.2. The molecule has 0 atom stereocenters. The Bertz CT molecular complexity index is 966. The van der Waals surface area contributed by atoms with Gasteiger partial charge >= 0.3 is 0 Å². The third-order valence-electron chi connectivity index (χ3n) is 5.23. The summed E-state index contributed by atoms with van der Waals surface area (Å²) in [7, 11) is 0. The monoisotopic (exact) mass is 363 g/mol. The number of hydrogen-bond acceptors (Lipinski definition) is 4. The Morgan fingerprint density at radius 1 is 1.19 bits per heavy atom. The lowest BCUT2D eigenvalue weighted by atomic mass is 10.1. The summed E-state index contributed by atoms with van der Waals surface area (Å²) in [5.41, 5.74) is 2.80. The van der Waals surface area contributed by atoms with Gasteiger partial charge in [0.15, 0.2) is 0 Å². The highest BCUT2D eigenvalue weighted by atomic mass is 19.1. The molecule has 3 heterocycles. The number of halogens is 1. The van der Waals surface area contributed by atoms with Crippen LogP contribution in [0.15, 0.2) is 42.7 Å². The number of piperazine rings is 1. The minimum atomic E-state index is -0.189. The molecule has 6 heteroatoms. The minimum Gasteiger partial charge on any atom is -0.361 e. The summed E-state index contributed by atoms with van der Waals surface area (Å²) >= 11 is 0. The molecule has 27 heavy (non-hydrogen) atoms. The van der Waals surface area contributed by atoms with Gasteiger partial charge in [-0.3, -0.25) is 4.90 Å². The van der Waals surface area contributed by atoms with Gasteiger partial charge in [-0.25, -0.2) is 9.37 Å². The van der Waals surface area contributed by atoms with E-state index in [0.29, 0.717) is 5.56 Å². The van der Waals surface area contributed by atoms with Gasteiger partial charge in [0.25, 0.3) is 0 Å². The van der Waals surface area contributed by atoms with Crippen molar-refractivity contribution in [2.24, 2.45) is 0 Å². The molecule has 0 amide bonds. The van der Waals surface area contributed by atoms with Crippen molar-refractivity contribution in [2.75, 3.05) is 37.6 Å². The van der Waals surface area contributed by atoms with Crippen molar-refractivity contribution >= 4 is 16.7 Å². The zero-order chi connectivity index (χ0) is 18.6. The number of H-pyrrole nitrogens is 1. The number of nitrogens with zero attached hydrogens (tertiary/aromatic N) is 4. The van der Waals surface area contributed by atoms with E-state index < -0.39 is 0 Å². The Hall–Kier alpha value is -2.91. The van der Waals surface area contributed by atoms with E-state index in [1.165, 1.54) is 11.6 Å². The van der Waals surface area contributed by atoms with E-state index in [1.807, 2.05) is 12.3 Å². The summed E-state index contributed by atoms with van der Waals surface area (Å²) < 4.78 is 13.5. The SMILES string of the molecule is N#Cc1cccnc1N1CCN(CCCc2c[nH]c3ccc(F)cc23)CC1. The Morgan fingerprint density at radius 2 is 2.04 bits per heavy atom. The highest BCUT2D eigenvalue weighted by molar-refractivity contribution is 5.83. The number of anilines is 1. The van der Waals surface area contributed by atoms with Crippen molar-refractivity contribution in [3.05, 3.63) is 59.7 Å². The van der Waals surface area contributed by atoms with Crippen LogP contribution in [0, 0.1) is 17.1 Å². The van der Waals surface area contributed by atoms with Crippen LogP contribution in [0.5, 0.6) is 0 Å². The first-order chi connectivity index (χ1) is 13.2. The molecule has 1 N–H and O–H groups in total. The third-order valence-corrected chi connectivity index (χ3v) is 5.23. The first-order valence-electron chi connectivity index (χ1n) is 9.32. The standard InChI is InChI=1S/C21H22FN5/c22-18-5-6-20-19(13-18)17(15-25-20)4-2-8-26-9-11-27(12-10-26)21-16(14-23)3-1-7-24-21/h1,3,5-7,13,15,25H,2,4,8-12H2. The summed E-state index contributed by atoms with van der Waals surface area (Å²) in [6, 6.07) is 10.7. The average molecular weight is 363 g/mol. The fourth-order valence-electron chi connectivity index (χ4n) is 3.77. The smallest absolute Gasteiger partial charge is 0.146 e. The maximum absolute atomic E-state index is 13.5. The molecular formula is C21H22FN5. The first kappa shape index (κ1) is 17.5. The second-order valence-corrected chi connectivity index (χ2v) is 6.92. The highest BCUT2D eigenvalue weighted by Crippen LogP contribution is 2.21. The molecule has 2 aromatic heterocycles. The number of aromatic nitrogens is 2. The molecule has 1 aliphatic heterocycles. The number of rotatable bonds is 5. The molecule has 5 nitrogen and oxygen atoms in total. The molecule has 1 fully saturated rings. The van der Waals surface area contributed by atoms with Crippen LogP contribution in [-0.4, -0.2) is 47.6 Å². The van der Waals surface area contributed by atoms with E-state index in [4.69, 9.17) is 0 Å². The molecule has 1 saturated heterocycles. The van der Waals surface area contributed by atoms with Crippen LogP contribution in [0.1, 0.15) is 17.5 Å². The molecule has 0 saturated carbocycles. The van der Waals surface area contributed by atoms with Crippen LogP contribution in [-0.2, 0) is 6.42 Å². The van der Waals surface area contributed by atoms with Crippen LogP contribution < -0.4 is 4.90 Å². The van der Waals surface area contributed by atoms with Crippen LogP contribution in [0.4, 0.5) is 10.2 Å². The number of nitriles is 1. The Balaban J connectivity index is 1.30. The number of hydrogen-bond donors (Lipinski definition) is 1. The van der Waals surface area contributed by atoms with Gasteiger partial charge in [-0.15, -0.1) is 0 Å². The molecule has 0 radical (unpaired) electrons. The number of aromatic amines is 1. The van der Waals surface area contributed by atoms with E-state index in [1.54, 1.807) is 24.4 Å². The van der Waals surface area contributed by atoms with E-state index in [2.05, 4.69) is 25.8 Å². The molecule has 0 spiro atoms. The van der Waals surface area contributed by atoms with Crippen LogP contribution in [0.25, 0.3) is 10.9 Å². The lowest BCUT2D eigenvalue weighted by molar-refractivity contribution is 0.254. The molecule has 4 rings (SSSR count). The number of pyridine rings is 1. The van der Waals surface area contributed by atoms with E-state index in [0.717, 1.165) is 62.3 Å². The normalized spacial score (nSPS) is 15.2. The summed E-state index contributed by atoms with van der Waals surface area (Å²) in [5, 5.41) is 10.2. The highest BCUT2D eigenvalue weighted by Gasteiger charge is 2.19. The van der Waals surface area contributed by atoms with Crippen molar-refractivity contribution in [1.82, 2.24) is 14.9 Å². The van der Waals surface area contributed by atoms with E-state index in [-0.39, 0.29) is 5.82 Å². The number of nitrogens with one attached hydrogen (secondary N) is 1. The number of fused-ring (bicyclic) bond motifs is 1. The largest absolute Gasteiger partial charge is 0.361 e. The number of benzene rings is 1. The lowest BCUT2D eigenvalue weighted by Gasteiger charge is -2.35. The van der Waals surface area contributed by atoms with Crippen molar-refractivity contribution in [2.45, 2.75) is 12.8 Å². The van der Waals surface area contributed by atoms with Crippen LogP contribution in [0.2, 0.25) is 0 Å². The van der Waals surface area contributed by atoms with Gasteiger partial charge in [0.2, 0.25) is 0 Å². The minimum absolute atomic E-state index is 0.189. The first-order valence-corrected chi connectivity index (χ1v) is 9.32. The van der Waals surface area contributed by atoms with Gasteiger partial charge in [-0.1, -0.05) is 0 Å². The van der Waals surface area contributed by atoms with Crippen molar-refractivity contribution in [1.29, 1.82) is 5.26 Å². The van der Waals surface area contributed by atoms with E-state index in [9.17, 15) is 9.65 Å². The van der Waals surface area contributed by atoms with Gasteiger partial charge in [-0.05, 0) is 55.3 Å². The average Bonchev–Trinajstić information content (AvgIpc) is 3.10. The summed E-state index contributed by atoms with van der Waals surface area (Å²) in [4.78, 5) is 12.2. The maximum Gasteiger partial charge on any atom is 0.146 e. The molecule has 138 valence electrons. The van der Waals surface area contributed by atoms with Gasteiger partial charge in [0.1, 0.15) is 17.7 Å².